The van der Waals surface area contributed by atoms with Gasteiger partial charge in [0, 0.05) is 19.0 Å². The Morgan fingerprint density at radius 2 is 2.07 bits per heavy atom. The third-order valence-corrected chi connectivity index (χ3v) is 7.62. The number of hydrogen-bond donors (Lipinski definition) is 1. The highest BCUT2D eigenvalue weighted by molar-refractivity contribution is 9.10. The minimum atomic E-state index is -0.245. The number of carbonyl (C=O) groups excluding carboxylic acids is 1. The van der Waals surface area contributed by atoms with Gasteiger partial charge in [0.1, 0.15) is 4.47 Å². The Labute approximate surface area is 176 Å². The van der Waals surface area contributed by atoms with E-state index >= 15 is 0 Å². The van der Waals surface area contributed by atoms with Crippen LogP contribution in [0, 0.1) is 23.2 Å². The molecule has 1 saturated carbocycles. The van der Waals surface area contributed by atoms with Gasteiger partial charge in [-0.1, -0.05) is 34.6 Å². The van der Waals surface area contributed by atoms with Gasteiger partial charge in [-0.15, -0.1) is 0 Å². The van der Waals surface area contributed by atoms with Crippen LogP contribution in [0.4, 0.5) is 5.69 Å². The molecule has 6 nitrogen and oxygen atoms in total. The molecular weight excluding hydrogens is 422 g/mol. The third-order valence-electron chi connectivity index (χ3n) is 6.86. The SMILES string of the molecule is CCOC(=O)CCCn1ncc(N[C@@H]2C[C@H](C)C(C)(C)[C@H](C)[C@H]2C)c(Br)c1=O. The Bertz CT molecular complexity index is 747. The van der Waals surface area contributed by atoms with Crippen LogP contribution in [0.25, 0.3) is 0 Å². The highest BCUT2D eigenvalue weighted by Gasteiger charge is 2.43. The molecule has 1 N–H and O–H groups in total. The monoisotopic (exact) mass is 455 g/mol. The summed E-state index contributed by atoms with van der Waals surface area (Å²) in [5.74, 6) is 1.41. The van der Waals surface area contributed by atoms with Crippen molar-refractivity contribution in [2.75, 3.05) is 11.9 Å². The van der Waals surface area contributed by atoms with Gasteiger partial charge in [-0.05, 0) is 58.9 Å². The number of ether oxygens (including phenoxy) is 1. The van der Waals surface area contributed by atoms with Crippen molar-refractivity contribution in [2.24, 2.45) is 23.2 Å². The van der Waals surface area contributed by atoms with Crippen molar-refractivity contribution in [3.05, 3.63) is 21.0 Å². The zero-order valence-corrected chi connectivity index (χ0v) is 19.5. The number of carbonyl (C=O) groups is 1. The van der Waals surface area contributed by atoms with E-state index < -0.39 is 0 Å². The molecule has 7 heteroatoms. The molecule has 28 heavy (non-hydrogen) atoms. The summed E-state index contributed by atoms with van der Waals surface area (Å²) in [7, 11) is 0. The molecule has 0 radical (unpaired) electrons. The second kappa shape index (κ2) is 9.42. The molecule has 0 bridgehead atoms. The van der Waals surface area contributed by atoms with Crippen molar-refractivity contribution < 1.29 is 9.53 Å². The number of nitrogens with zero attached hydrogens (tertiary/aromatic N) is 2. The molecule has 4 atom stereocenters. The van der Waals surface area contributed by atoms with Gasteiger partial charge in [-0.2, -0.15) is 5.10 Å². The van der Waals surface area contributed by atoms with Crippen molar-refractivity contribution in [3.8, 4) is 0 Å². The Morgan fingerprint density at radius 1 is 1.39 bits per heavy atom. The second-order valence-corrected chi connectivity index (χ2v) is 9.46. The van der Waals surface area contributed by atoms with E-state index in [2.05, 4.69) is 61.0 Å². The molecule has 0 saturated heterocycles. The number of esters is 1. The molecular formula is C21H34BrN3O3. The van der Waals surface area contributed by atoms with E-state index in [1.807, 2.05) is 0 Å². The Kier molecular flexibility index (Phi) is 7.71. The van der Waals surface area contributed by atoms with Gasteiger partial charge in [0.2, 0.25) is 0 Å². The van der Waals surface area contributed by atoms with Crippen LogP contribution in [-0.2, 0) is 16.1 Å². The summed E-state index contributed by atoms with van der Waals surface area (Å²) in [6.07, 6.45) is 3.57. The maximum absolute atomic E-state index is 12.6. The third kappa shape index (κ3) is 4.97. The number of aromatic nitrogens is 2. The fourth-order valence-corrected chi connectivity index (χ4v) is 4.52. The summed E-state index contributed by atoms with van der Waals surface area (Å²) >= 11 is 3.45. The molecule has 1 heterocycles. The molecule has 0 aliphatic heterocycles. The van der Waals surface area contributed by atoms with Crippen molar-refractivity contribution >= 4 is 27.6 Å². The molecule has 1 aromatic heterocycles. The molecule has 1 fully saturated rings. The highest BCUT2D eigenvalue weighted by atomic mass is 79.9. The van der Waals surface area contributed by atoms with Crippen LogP contribution in [0.15, 0.2) is 15.5 Å². The van der Waals surface area contributed by atoms with E-state index in [-0.39, 0.29) is 17.9 Å². The van der Waals surface area contributed by atoms with E-state index in [9.17, 15) is 9.59 Å². The molecule has 0 aromatic carbocycles. The zero-order chi connectivity index (χ0) is 21.1. The lowest BCUT2D eigenvalue weighted by molar-refractivity contribution is -0.143. The van der Waals surface area contributed by atoms with Crippen molar-refractivity contribution in [1.82, 2.24) is 9.78 Å². The first-order valence-electron chi connectivity index (χ1n) is 10.3. The van der Waals surface area contributed by atoms with Crippen LogP contribution in [0.1, 0.15) is 60.8 Å². The summed E-state index contributed by atoms with van der Waals surface area (Å²) in [6, 6.07) is 0.301. The summed E-state index contributed by atoms with van der Waals surface area (Å²) in [5.41, 5.74) is 0.858. The fraction of sp³-hybridized carbons (Fsp3) is 0.762. The summed E-state index contributed by atoms with van der Waals surface area (Å²) in [5, 5.41) is 7.86. The smallest absolute Gasteiger partial charge is 0.305 e. The van der Waals surface area contributed by atoms with Crippen molar-refractivity contribution in [2.45, 2.75) is 73.4 Å². The van der Waals surface area contributed by atoms with Crippen LogP contribution < -0.4 is 10.9 Å². The molecule has 0 unspecified atom stereocenters. The van der Waals surface area contributed by atoms with Crippen LogP contribution >= 0.6 is 15.9 Å². The van der Waals surface area contributed by atoms with E-state index in [4.69, 9.17) is 4.74 Å². The van der Waals surface area contributed by atoms with E-state index in [1.165, 1.54) is 4.68 Å². The van der Waals surface area contributed by atoms with Crippen LogP contribution in [-0.4, -0.2) is 28.4 Å². The van der Waals surface area contributed by atoms with E-state index in [0.717, 1.165) is 12.1 Å². The van der Waals surface area contributed by atoms with Gasteiger partial charge in [-0.25, -0.2) is 4.68 Å². The molecule has 2 rings (SSSR count). The average Bonchev–Trinajstić information content (AvgIpc) is 2.64. The maximum Gasteiger partial charge on any atom is 0.305 e. The highest BCUT2D eigenvalue weighted by Crippen LogP contribution is 2.48. The lowest BCUT2D eigenvalue weighted by Gasteiger charge is -2.50. The van der Waals surface area contributed by atoms with Gasteiger partial charge in [-0.3, -0.25) is 9.59 Å². The van der Waals surface area contributed by atoms with Crippen molar-refractivity contribution in [1.29, 1.82) is 0 Å². The molecule has 1 aliphatic carbocycles. The quantitative estimate of drug-likeness (QED) is 0.613. The first-order chi connectivity index (χ1) is 13.1. The molecule has 1 aliphatic rings. The van der Waals surface area contributed by atoms with Crippen LogP contribution in [0.3, 0.4) is 0 Å². The maximum atomic E-state index is 12.6. The van der Waals surface area contributed by atoms with Crippen LogP contribution in [0.2, 0.25) is 0 Å². The topological polar surface area (TPSA) is 73.2 Å². The minimum Gasteiger partial charge on any atom is -0.466 e. The van der Waals surface area contributed by atoms with E-state index in [0.29, 0.717) is 53.3 Å². The fourth-order valence-electron chi connectivity index (χ4n) is 4.10. The van der Waals surface area contributed by atoms with E-state index in [1.54, 1.807) is 13.1 Å². The number of aryl methyl sites for hydroxylation is 1. The Balaban J connectivity index is 2.06. The number of hydrogen-bond acceptors (Lipinski definition) is 5. The largest absolute Gasteiger partial charge is 0.466 e. The Hall–Kier alpha value is -1.37. The predicted octanol–water partition coefficient (Wildman–Crippen LogP) is 4.47. The van der Waals surface area contributed by atoms with Gasteiger partial charge < -0.3 is 10.1 Å². The predicted molar refractivity (Wildman–Crippen MR) is 115 cm³/mol. The summed E-state index contributed by atoms with van der Waals surface area (Å²) < 4.78 is 6.81. The van der Waals surface area contributed by atoms with Gasteiger partial charge in [0.15, 0.2) is 0 Å². The molecule has 1 aromatic rings. The summed E-state index contributed by atoms with van der Waals surface area (Å²) in [4.78, 5) is 24.1. The number of rotatable bonds is 7. The molecule has 0 amide bonds. The average molecular weight is 456 g/mol. The van der Waals surface area contributed by atoms with Crippen molar-refractivity contribution in [3.63, 3.8) is 0 Å². The lowest BCUT2D eigenvalue weighted by Crippen LogP contribution is -2.48. The second-order valence-electron chi connectivity index (χ2n) is 8.67. The first kappa shape index (κ1) is 22.9. The zero-order valence-electron chi connectivity index (χ0n) is 17.9. The first-order valence-corrected chi connectivity index (χ1v) is 11.1. The number of nitrogens with one attached hydrogen (secondary N) is 1. The Morgan fingerprint density at radius 3 is 2.71 bits per heavy atom. The molecule has 158 valence electrons. The lowest BCUT2D eigenvalue weighted by atomic mass is 9.58. The van der Waals surface area contributed by atoms with Gasteiger partial charge >= 0.3 is 5.97 Å². The number of anilines is 1. The summed E-state index contributed by atoms with van der Waals surface area (Å²) in [6.45, 7) is 14.2. The molecule has 0 spiro atoms. The van der Waals surface area contributed by atoms with Gasteiger partial charge in [0.25, 0.3) is 5.56 Å². The minimum absolute atomic E-state index is 0.182. The number of halogens is 1. The van der Waals surface area contributed by atoms with Gasteiger partial charge in [0.05, 0.1) is 18.5 Å². The van der Waals surface area contributed by atoms with Crippen LogP contribution in [0.5, 0.6) is 0 Å². The standard InChI is InChI=1S/C21H34BrN3O3/c1-7-28-18(26)9-8-10-25-20(27)19(22)17(12-23-25)24-16-11-13(2)21(5,6)15(4)14(16)3/h12-16,24H,7-11H2,1-6H3/t13-,14+,15+,16+/m0/s1. The normalized spacial score (nSPS) is 26.7.